The van der Waals surface area contributed by atoms with Gasteiger partial charge in [-0.15, -0.1) is 0 Å². The van der Waals surface area contributed by atoms with E-state index in [1.807, 2.05) is 0 Å². The first-order valence-corrected chi connectivity index (χ1v) is 7.70. The minimum Gasteiger partial charge on any atom is -0.494 e. The molecule has 1 aromatic carbocycles. The Kier molecular flexibility index (Phi) is 4.51. The maximum atomic E-state index is 14.3. The largest absolute Gasteiger partial charge is 0.494 e. The number of aromatic nitrogens is 2. The summed E-state index contributed by atoms with van der Waals surface area (Å²) in [5, 5.41) is 3.36. The van der Waals surface area contributed by atoms with E-state index in [0.717, 1.165) is 12.8 Å². The first-order valence-electron chi connectivity index (χ1n) is 7.70. The highest BCUT2D eigenvalue weighted by atomic mass is 19.1. The molecule has 1 aromatic heterocycles. The molecule has 1 N–H and O–H groups in total. The van der Waals surface area contributed by atoms with Gasteiger partial charge in [-0.2, -0.15) is 0 Å². The standard InChI is InChI=1S/C17H20FN3O/c1-22-15-9-5-8-13(16(15)18)14-10-11-19-17(21-14)20-12-6-3-2-4-7-12/h5,8-12H,2-4,6-7H2,1H3,(H,19,20,21). The van der Waals surface area contributed by atoms with Crippen molar-refractivity contribution in [2.75, 3.05) is 12.4 Å². The molecule has 2 aromatic rings. The molecule has 0 unspecified atom stereocenters. The number of nitrogens with one attached hydrogen (secondary N) is 1. The SMILES string of the molecule is COc1cccc(-c2ccnc(NC3CCCCC3)n2)c1F. The average molecular weight is 301 g/mol. The highest BCUT2D eigenvalue weighted by Crippen LogP contribution is 2.28. The van der Waals surface area contributed by atoms with Crippen molar-refractivity contribution in [1.29, 1.82) is 0 Å². The molecule has 3 rings (SSSR count). The molecule has 116 valence electrons. The summed E-state index contributed by atoms with van der Waals surface area (Å²) in [5.74, 6) is 0.386. The van der Waals surface area contributed by atoms with Crippen LogP contribution in [0.4, 0.5) is 10.3 Å². The lowest BCUT2D eigenvalue weighted by molar-refractivity contribution is 0.387. The smallest absolute Gasteiger partial charge is 0.223 e. The summed E-state index contributed by atoms with van der Waals surface area (Å²) in [4.78, 5) is 8.71. The van der Waals surface area contributed by atoms with Gasteiger partial charge in [-0.3, -0.25) is 0 Å². The van der Waals surface area contributed by atoms with Gasteiger partial charge in [-0.05, 0) is 31.0 Å². The van der Waals surface area contributed by atoms with Crippen LogP contribution in [0.25, 0.3) is 11.3 Å². The molecule has 1 aliphatic carbocycles. The zero-order chi connectivity index (χ0) is 15.4. The fourth-order valence-electron chi connectivity index (χ4n) is 2.87. The van der Waals surface area contributed by atoms with Gasteiger partial charge in [0, 0.05) is 17.8 Å². The van der Waals surface area contributed by atoms with Crippen molar-refractivity contribution < 1.29 is 9.13 Å². The van der Waals surface area contributed by atoms with E-state index in [1.165, 1.54) is 26.4 Å². The molecule has 0 aliphatic heterocycles. The van der Waals surface area contributed by atoms with E-state index in [-0.39, 0.29) is 5.75 Å². The van der Waals surface area contributed by atoms with Crippen LogP contribution in [0, 0.1) is 5.82 Å². The van der Waals surface area contributed by atoms with Gasteiger partial charge >= 0.3 is 0 Å². The van der Waals surface area contributed by atoms with Crippen LogP contribution in [-0.2, 0) is 0 Å². The monoisotopic (exact) mass is 301 g/mol. The van der Waals surface area contributed by atoms with Gasteiger partial charge in [0.2, 0.25) is 5.95 Å². The molecule has 0 bridgehead atoms. The maximum absolute atomic E-state index is 14.3. The Morgan fingerprint density at radius 2 is 2.00 bits per heavy atom. The second-order valence-corrected chi connectivity index (χ2v) is 5.57. The van der Waals surface area contributed by atoms with Crippen LogP contribution in [0.3, 0.4) is 0 Å². The lowest BCUT2D eigenvalue weighted by atomic mass is 9.96. The van der Waals surface area contributed by atoms with Crippen LogP contribution < -0.4 is 10.1 Å². The summed E-state index contributed by atoms with van der Waals surface area (Å²) >= 11 is 0. The summed E-state index contributed by atoms with van der Waals surface area (Å²) < 4.78 is 19.4. The van der Waals surface area contributed by atoms with Crippen LogP contribution >= 0.6 is 0 Å². The van der Waals surface area contributed by atoms with Gasteiger partial charge in [-0.1, -0.05) is 25.3 Å². The molecule has 5 heteroatoms. The van der Waals surface area contributed by atoms with E-state index < -0.39 is 5.82 Å². The Morgan fingerprint density at radius 3 is 2.77 bits per heavy atom. The fraction of sp³-hybridized carbons (Fsp3) is 0.412. The van der Waals surface area contributed by atoms with Gasteiger partial charge in [0.1, 0.15) is 0 Å². The summed E-state index contributed by atoms with van der Waals surface area (Å²) in [6.45, 7) is 0. The summed E-state index contributed by atoms with van der Waals surface area (Å²) in [6, 6.07) is 7.18. The predicted molar refractivity (Wildman–Crippen MR) is 84.5 cm³/mol. The number of nitrogens with zero attached hydrogens (tertiary/aromatic N) is 2. The number of hydrogen-bond acceptors (Lipinski definition) is 4. The molecule has 1 saturated carbocycles. The van der Waals surface area contributed by atoms with E-state index in [4.69, 9.17) is 4.74 Å². The van der Waals surface area contributed by atoms with E-state index >= 15 is 0 Å². The number of benzene rings is 1. The van der Waals surface area contributed by atoms with E-state index in [2.05, 4.69) is 15.3 Å². The van der Waals surface area contributed by atoms with E-state index in [9.17, 15) is 4.39 Å². The van der Waals surface area contributed by atoms with Crippen molar-refractivity contribution in [2.24, 2.45) is 0 Å². The molecule has 0 saturated heterocycles. The minimum absolute atomic E-state index is 0.220. The predicted octanol–water partition coefficient (Wildman–Crippen LogP) is 4.04. The van der Waals surface area contributed by atoms with Gasteiger partial charge in [0.15, 0.2) is 11.6 Å². The van der Waals surface area contributed by atoms with Crippen molar-refractivity contribution in [3.8, 4) is 17.0 Å². The number of rotatable bonds is 4. The van der Waals surface area contributed by atoms with Crippen LogP contribution in [0.15, 0.2) is 30.5 Å². The molecule has 0 amide bonds. The lowest BCUT2D eigenvalue weighted by Gasteiger charge is -2.22. The Bertz CT molecular complexity index is 642. The zero-order valence-electron chi connectivity index (χ0n) is 12.7. The molecule has 22 heavy (non-hydrogen) atoms. The molecule has 4 nitrogen and oxygen atoms in total. The van der Waals surface area contributed by atoms with Crippen molar-refractivity contribution in [3.63, 3.8) is 0 Å². The minimum atomic E-state index is -0.396. The molecule has 1 heterocycles. The number of ether oxygens (including phenoxy) is 1. The molecule has 1 fully saturated rings. The van der Waals surface area contributed by atoms with Crippen molar-refractivity contribution in [2.45, 2.75) is 38.1 Å². The first-order chi connectivity index (χ1) is 10.8. The third-order valence-corrected chi connectivity index (χ3v) is 4.05. The van der Waals surface area contributed by atoms with E-state index in [0.29, 0.717) is 23.2 Å². The Hall–Kier alpha value is -2.17. The number of anilines is 1. The van der Waals surface area contributed by atoms with Crippen molar-refractivity contribution in [3.05, 3.63) is 36.3 Å². The summed E-state index contributed by atoms with van der Waals surface area (Å²) in [7, 11) is 1.46. The molecule has 0 spiro atoms. The quantitative estimate of drug-likeness (QED) is 0.926. The third kappa shape index (κ3) is 3.18. The van der Waals surface area contributed by atoms with Gasteiger partial charge in [0.25, 0.3) is 0 Å². The van der Waals surface area contributed by atoms with Crippen molar-refractivity contribution in [1.82, 2.24) is 9.97 Å². The number of hydrogen-bond donors (Lipinski definition) is 1. The van der Waals surface area contributed by atoms with Crippen LogP contribution in [0.1, 0.15) is 32.1 Å². The molecule has 1 aliphatic rings. The number of halogens is 1. The molecule has 0 atom stereocenters. The van der Waals surface area contributed by atoms with Crippen LogP contribution in [0.5, 0.6) is 5.75 Å². The normalized spacial score (nSPS) is 15.5. The average Bonchev–Trinajstić information content (AvgIpc) is 2.56. The zero-order valence-corrected chi connectivity index (χ0v) is 12.7. The lowest BCUT2D eigenvalue weighted by Crippen LogP contribution is -2.23. The maximum Gasteiger partial charge on any atom is 0.223 e. The second kappa shape index (κ2) is 6.73. The summed E-state index contributed by atoms with van der Waals surface area (Å²) in [6.07, 6.45) is 7.71. The molecular formula is C17H20FN3O. The summed E-state index contributed by atoms with van der Waals surface area (Å²) in [5.41, 5.74) is 0.984. The Morgan fingerprint density at radius 1 is 1.18 bits per heavy atom. The van der Waals surface area contributed by atoms with Gasteiger partial charge < -0.3 is 10.1 Å². The Balaban J connectivity index is 1.84. The Labute approximate surface area is 129 Å². The van der Waals surface area contributed by atoms with Crippen molar-refractivity contribution >= 4 is 5.95 Å². The van der Waals surface area contributed by atoms with E-state index in [1.54, 1.807) is 30.5 Å². The highest BCUT2D eigenvalue weighted by Gasteiger charge is 2.16. The van der Waals surface area contributed by atoms with Crippen LogP contribution in [-0.4, -0.2) is 23.1 Å². The van der Waals surface area contributed by atoms with Gasteiger partial charge in [-0.25, -0.2) is 14.4 Å². The third-order valence-electron chi connectivity index (χ3n) is 4.05. The highest BCUT2D eigenvalue weighted by molar-refractivity contribution is 5.63. The van der Waals surface area contributed by atoms with Crippen LogP contribution in [0.2, 0.25) is 0 Å². The first kappa shape index (κ1) is 14.8. The second-order valence-electron chi connectivity index (χ2n) is 5.57. The fourth-order valence-corrected chi connectivity index (χ4v) is 2.87. The number of methoxy groups -OCH3 is 1. The van der Waals surface area contributed by atoms with Gasteiger partial charge in [0.05, 0.1) is 12.8 Å². The molecule has 0 radical (unpaired) electrons. The molecular weight excluding hydrogens is 281 g/mol. The topological polar surface area (TPSA) is 47.0 Å².